The topological polar surface area (TPSA) is 47.4 Å². The summed E-state index contributed by atoms with van der Waals surface area (Å²) in [5.74, 6) is -0.0453. The molecule has 3 atom stereocenters. The van der Waals surface area contributed by atoms with Gasteiger partial charge in [-0.05, 0) is 38.8 Å². The zero-order chi connectivity index (χ0) is 13.4. The smallest absolute Gasteiger partial charge is 0.323 e. The van der Waals surface area contributed by atoms with Gasteiger partial charge in [-0.1, -0.05) is 0 Å². The maximum absolute atomic E-state index is 11.9. The van der Waals surface area contributed by atoms with Gasteiger partial charge in [-0.15, -0.1) is 0 Å². The molecule has 0 N–H and O–H groups in total. The highest BCUT2D eigenvalue weighted by Gasteiger charge is 2.41. The molecule has 5 heteroatoms. The lowest BCUT2D eigenvalue weighted by Crippen LogP contribution is -2.43. The number of carbonyl (C=O) groups is 1. The zero-order valence-corrected chi connectivity index (χ0v) is 11.6. The molecule has 0 bridgehead atoms. The largest absolute Gasteiger partial charge is 0.461 e. The predicted molar refractivity (Wildman–Crippen MR) is 70.7 cm³/mol. The van der Waals surface area contributed by atoms with Crippen molar-refractivity contribution in [3.8, 4) is 0 Å². The predicted octanol–water partition coefficient (Wildman–Crippen LogP) is 1.36. The molecule has 0 saturated carbocycles. The molecular formula is C14H21N3O2. The van der Waals surface area contributed by atoms with Crippen molar-refractivity contribution < 1.29 is 9.53 Å². The first kappa shape index (κ1) is 12.7. The monoisotopic (exact) mass is 263 g/mol. The Balaban J connectivity index is 1.69. The van der Waals surface area contributed by atoms with E-state index >= 15 is 0 Å². The van der Waals surface area contributed by atoms with E-state index in [1.54, 1.807) is 0 Å². The Morgan fingerprint density at radius 2 is 2.37 bits per heavy atom. The van der Waals surface area contributed by atoms with Crippen LogP contribution in [0.2, 0.25) is 0 Å². The minimum atomic E-state index is -0.0453. The van der Waals surface area contributed by atoms with E-state index in [2.05, 4.69) is 16.2 Å². The fraction of sp³-hybridized carbons (Fsp3) is 0.714. The number of cyclic esters (lactones) is 1. The molecule has 2 aliphatic heterocycles. The molecule has 3 heterocycles. The summed E-state index contributed by atoms with van der Waals surface area (Å²) in [6.07, 6.45) is 7.12. The second kappa shape index (κ2) is 4.96. The fourth-order valence-electron chi connectivity index (χ4n) is 3.25. The number of carbonyl (C=O) groups excluding carboxylic acids is 1. The second-order valence-corrected chi connectivity index (χ2v) is 5.77. The summed E-state index contributed by atoms with van der Waals surface area (Å²) in [6, 6.07) is 0.362. The highest BCUT2D eigenvalue weighted by atomic mass is 16.6. The Labute approximate surface area is 113 Å². The quantitative estimate of drug-likeness (QED) is 0.773. The van der Waals surface area contributed by atoms with E-state index in [9.17, 15) is 4.79 Å². The number of esters is 1. The number of hydrogen-bond donors (Lipinski definition) is 0. The molecule has 0 amide bonds. The van der Waals surface area contributed by atoms with Crippen molar-refractivity contribution in [1.82, 2.24) is 14.7 Å². The highest BCUT2D eigenvalue weighted by Crippen LogP contribution is 2.28. The average Bonchev–Trinajstić information content (AvgIpc) is 3.02. The first-order valence-corrected chi connectivity index (χ1v) is 7.09. The van der Waals surface area contributed by atoms with Crippen LogP contribution in [0.1, 0.15) is 31.7 Å². The third-order valence-electron chi connectivity index (χ3n) is 4.13. The normalized spacial score (nSPS) is 31.9. The summed E-state index contributed by atoms with van der Waals surface area (Å²) < 4.78 is 7.27. The zero-order valence-electron chi connectivity index (χ0n) is 11.6. The van der Waals surface area contributed by atoms with Crippen molar-refractivity contribution in [2.45, 2.75) is 57.8 Å². The molecule has 1 aromatic rings. The van der Waals surface area contributed by atoms with Crippen LogP contribution < -0.4 is 0 Å². The van der Waals surface area contributed by atoms with Gasteiger partial charge in [0.05, 0.1) is 12.7 Å². The number of nitrogens with zero attached hydrogens (tertiary/aromatic N) is 3. The standard InChI is InChI=1S/C14H21N3O2/c1-10-7-15-16(8-10)9-12-4-3-5-17(12)13-6-11(2)19-14(13)18/h7-8,11-13H,3-6,9H2,1-2H3/t11-,12-,13+/m0/s1. The Kier molecular flexibility index (Phi) is 3.31. The molecule has 0 spiro atoms. The van der Waals surface area contributed by atoms with Gasteiger partial charge in [-0.2, -0.15) is 5.10 Å². The van der Waals surface area contributed by atoms with Crippen molar-refractivity contribution >= 4 is 5.97 Å². The minimum Gasteiger partial charge on any atom is -0.461 e. The molecule has 5 nitrogen and oxygen atoms in total. The van der Waals surface area contributed by atoms with E-state index in [4.69, 9.17) is 4.74 Å². The van der Waals surface area contributed by atoms with Gasteiger partial charge in [0.2, 0.25) is 0 Å². The molecule has 0 radical (unpaired) electrons. The van der Waals surface area contributed by atoms with Crippen LogP contribution in [-0.2, 0) is 16.1 Å². The van der Waals surface area contributed by atoms with Gasteiger partial charge < -0.3 is 4.74 Å². The molecule has 0 aromatic carbocycles. The van der Waals surface area contributed by atoms with Gasteiger partial charge in [0.25, 0.3) is 0 Å². The van der Waals surface area contributed by atoms with Crippen molar-refractivity contribution in [2.75, 3.05) is 6.54 Å². The fourth-order valence-corrected chi connectivity index (χ4v) is 3.25. The van der Waals surface area contributed by atoms with Gasteiger partial charge in [0.15, 0.2) is 0 Å². The van der Waals surface area contributed by atoms with Crippen molar-refractivity contribution in [3.05, 3.63) is 18.0 Å². The maximum Gasteiger partial charge on any atom is 0.323 e. The van der Waals surface area contributed by atoms with E-state index < -0.39 is 0 Å². The molecule has 2 saturated heterocycles. The van der Waals surface area contributed by atoms with Crippen molar-refractivity contribution in [2.24, 2.45) is 0 Å². The van der Waals surface area contributed by atoms with E-state index in [0.29, 0.717) is 6.04 Å². The van der Waals surface area contributed by atoms with Crippen molar-refractivity contribution in [1.29, 1.82) is 0 Å². The van der Waals surface area contributed by atoms with Crippen LogP contribution in [0.4, 0.5) is 0 Å². The summed E-state index contributed by atoms with van der Waals surface area (Å²) in [7, 11) is 0. The van der Waals surface area contributed by atoms with Crippen LogP contribution in [0.25, 0.3) is 0 Å². The first-order chi connectivity index (χ1) is 9.13. The van der Waals surface area contributed by atoms with Crippen LogP contribution >= 0.6 is 0 Å². The minimum absolute atomic E-state index is 0.0424. The number of rotatable bonds is 3. The summed E-state index contributed by atoms with van der Waals surface area (Å²) >= 11 is 0. The van der Waals surface area contributed by atoms with E-state index in [1.165, 1.54) is 5.56 Å². The third-order valence-corrected chi connectivity index (χ3v) is 4.13. The maximum atomic E-state index is 11.9. The summed E-state index contributed by atoms with van der Waals surface area (Å²) in [5, 5.41) is 4.35. The molecule has 0 unspecified atom stereocenters. The molecule has 2 fully saturated rings. The number of aromatic nitrogens is 2. The van der Waals surface area contributed by atoms with E-state index in [-0.39, 0.29) is 18.1 Å². The molecule has 2 aliphatic rings. The Morgan fingerprint density at radius 1 is 1.53 bits per heavy atom. The molecular weight excluding hydrogens is 242 g/mol. The summed E-state index contributed by atoms with van der Waals surface area (Å²) in [4.78, 5) is 14.2. The third kappa shape index (κ3) is 2.52. The SMILES string of the molecule is Cc1cnn(C[C@@H]2CCCN2[C@@H]2C[C@H](C)OC2=O)c1. The number of likely N-dealkylation sites (tertiary alicyclic amines) is 1. The van der Waals surface area contributed by atoms with Gasteiger partial charge >= 0.3 is 5.97 Å². The lowest BCUT2D eigenvalue weighted by atomic mass is 10.1. The molecule has 0 aliphatic carbocycles. The van der Waals surface area contributed by atoms with Crippen LogP contribution in [0.5, 0.6) is 0 Å². The Hall–Kier alpha value is -1.36. The van der Waals surface area contributed by atoms with Gasteiger partial charge in [0, 0.05) is 18.7 Å². The average molecular weight is 263 g/mol. The summed E-state index contributed by atoms with van der Waals surface area (Å²) in [5.41, 5.74) is 1.18. The van der Waals surface area contributed by atoms with Crippen LogP contribution in [-0.4, -0.2) is 45.4 Å². The van der Waals surface area contributed by atoms with Crippen LogP contribution in [0, 0.1) is 6.92 Å². The summed E-state index contributed by atoms with van der Waals surface area (Å²) in [6.45, 7) is 5.88. The van der Waals surface area contributed by atoms with Crippen LogP contribution in [0.3, 0.4) is 0 Å². The molecule has 104 valence electrons. The van der Waals surface area contributed by atoms with Gasteiger partial charge in [-0.3, -0.25) is 14.4 Å². The van der Waals surface area contributed by atoms with Gasteiger partial charge in [0.1, 0.15) is 12.1 Å². The van der Waals surface area contributed by atoms with E-state index in [0.717, 1.165) is 32.4 Å². The molecule has 1 aromatic heterocycles. The van der Waals surface area contributed by atoms with Crippen LogP contribution in [0.15, 0.2) is 12.4 Å². The van der Waals surface area contributed by atoms with Gasteiger partial charge in [-0.25, -0.2) is 0 Å². The van der Waals surface area contributed by atoms with E-state index in [1.807, 2.05) is 24.7 Å². The first-order valence-electron chi connectivity index (χ1n) is 7.09. The van der Waals surface area contributed by atoms with Crippen molar-refractivity contribution in [3.63, 3.8) is 0 Å². The lowest BCUT2D eigenvalue weighted by molar-refractivity contribution is -0.145. The molecule has 19 heavy (non-hydrogen) atoms. The Morgan fingerprint density at radius 3 is 3.00 bits per heavy atom. The number of ether oxygens (including phenoxy) is 1. The second-order valence-electron chi connectivity index (χ2n) is 5.77. The number of hydrogen-bond acceptors (Lipinski definition) is 4. The Bertz CT molecular complexity index is 471. The highest BCUT2D eigenvalue weighted by molar-refractivity contribution is 5.78. The lowest BCUT2D eigenvalue weighted by Gasteiger charge is -2.27. The number of aryl methyl sites for hydroxylation is 1. The molecule has 3 rings (SSSR count).